The van der Waals surface area contributed by atoms with Crippen LogP contribution in [0.3, 0.4) is 0 Å². The first-order valence-electron chi connectivity index (χ1n) is 5.23. The Labute approximate surface area is 121 Å². The minimum atomic E-state index is -1.14. The predicted molar refractivity (Wildman–Crippen MR) is 75.9 cm³/mol. The van der Waals surface area contributed by atoms with Crippen LogP contribution in [0.1, 0.15) is 25.9 Å². The Morgan fingerprint density at radius 3 is 2.79 bits per heavy atom. The van der Waals surface area contributed by atoms with Gasteiger partial charge in [0.2, 0.25) is 0 Å². The summed E-state index contributed by atoms with van der Waals surface area (Å²) >= 11 is 4.32. The highest BCUT2D eigenvalue weighted by atomic mass is 79.9. The molecule has 2 aromatic rings. The number of carbonyl (C=O) groups excluding carboxylic acids is 1. The lowest BCUT2D eigenvalue weighted by atomic mass is 10.2. The van der Waals surface area contributed by atoms with Crippen LogP contribution in [0.15, 0.2) is 28.1 Å². The van der Waals surface area contributed by atoms with Crippen LogP contribution >= 0.6 is 27.3 Å². The van der Waals surface area contributed by atoms with Crippen molar-refractivity contribution in [2.24, 2.45) is 0 Å². The van der Waals surface area contributed by atoms with Crippen LogP contribution in [-0.4, -0.2) is 22.0 Å². The number of carboxylic acid groups (broad SMARTS) is 1. The number of carbonyl (C=O) groups is 2. The number of rotatable bonds is 3. The number of carboxylic acids is 1. The van der Waals surface area contributed by atoms with Gasteiger partial charge in [-0.3, -0.25) is 4.79 Å². The summed E-state index contributed by atoms with van der Waals surface area (Å²) in [6.07, 6.45) is 0. The molecule has 19 heavy (non-hydrogen) atoms. The number of nitrogens with zero attached hydrogens (tertiary/aromatic N) is 1. The van der Waals surface area contributed by atoms with Gasteiger partial charge < -0.3 is 10.4 Å². The Balaban J connectivity index is 2.20. The predicted octanol–water partition coefficient (Wildman–Crippen LogP) is 3.16. The molecule has 7 heteroatoms. The van der Waals surface area contributed by atoms with Gasteiger partial charge in [0.25, 0.3) is 5.91 Å². The van der Waals surface area contributed by atoms with Crippen molar-refractivity contribution in [3.05, 3.63) is 44.3 Å². The molecule has 2 rings (SSSR count). The number of amides is 1. The van der Waals surface area contributed by atoms with Crippen molar-refractivity contribution in [3.8, 4) is 0 Å². The van der Waals surface area contributed by atoms with Gasteiger partial charge in [0.15, 0.2) is 10.7 Å². The van der Waals surface area contributed by atoms with E-state index in [4.69, 9.17) is 5.11 Å². The van der Waals surface area contributed by atoms with E-state index in [1.165, 1.54) is 5.38 Å². The van der Waals surface area contributed by atoms with Crippen molar-refractivity contribution >= 4 is 44.8 Å². The van der Waals surface area contributed by atoms with Crippen LogP contribution in [0.4, 0.5) is 5.69 Å². The number of hydrogen-bond donors (Lipinski definition) is 2. The number of halogens is 1. The monoisotopic (exact) mass is 340 g/mol. The summed E-state index contributed by atoms with van der Waals surface area (Å²) in [5.74, 6) is -1.56. The quantitative estimate of drug-likeness (QED) is 0.899. The number of aromatic carboxylic acids is 1. The minimum Gasteiger partial charge on any atom is -0.476 e. The number of nitrogens with one attached hydrogen (secondary N) is 1. The van der Waals surface area contributed by atoms with E-state index in [2.05, 4.69) is 26.2 Å². The minimum absolute atomic E-state index is 0.122. The van der Waals surface area contributed by atoms with Gasteiger partial charge in [-0.1, -0.05) is 22.0 Å². The standard InChI is InChI=1S/C12H9BrN2O3S/c1-6-2-3-7(13)4-8(6)14-10(16)11-15-9(5-19-11)12(17)18/h2-5H,1H3,(H,14,16)(H,17,18). The SMILES string of the molecule is Cc1ccc(Br)cc1NC(=O)c1nc(C(=O)O)cs1. The largest absolute Gasteiger partial charge is 0.476 e. The van der Waals surface area contributed by atoms with E-state index in [9.17, 15) is 9.59 Å². The average molecular weight is 341 g/mol. The molecule has 0 atom stereocenters. The molecule has 0 unspecified atom stereocenters. The third kappa shape index (κ3) is 3.18. The lowest BCUT2D eigenvalue weighted by molar-refractivity contribution is 0.0691. The zero-order valence-electron chi connectivity index (χ0n) is 9.81. The second-order valence-corrected chi connectivity index (χ2v) is 5.53. The third-order valence-corrected chi connectivity index (χ3v) is 3.70. The van der Waals surface area contributed by atoms with Crippen molar-refractivity contribution in [3.63, 3.8) is 0 Å². The molecule has 0 aliphatic carbocycles. The van der Waals surface area contributed by atoms with E-state index in [0.29, 0.717) is 5.69 Å². The van der Waals surface area contributed by atoms with E-state index in [0.717, 1.165) is 21.4 Å². The summed E-state index contributed by atoms with van der Waals surface area (Å²) in [5, 5.41) is 12.9. The van der Waals surface area contributed by atoms with Crippen LogP contribution in [-0.2, 0) is 0 Å². The third-order valence-electron chi connectivity index (χ3n) is 2.37. The molecular weight excluding hydrogens is 332 g/mol. The first kappa shape index (κ1) is 13.7. The fraction of sp³-hybridized carbons (Fsp3) is 0.0833. The van der Waals surface area contributed by atoms with Crippen molar-refractivity contribution in [1.82, 2.24) is 4.98 Å². The molecule has 98 valence electrons. The Kier molecular flexibility index (Phi) is 3.96. The van der Waals surface area contributed by atoms with Gasteiger partial charge in [-0.25, -0.2) is 9.78 Å². The zero-order chi connectivity index (χ0) is 14.0. The zero-order valence-corrected chi connectivity index (χ0v) is 12.2. The molecule has 1 heterocycles. The maximum absolute atomic E-state index is 11.9. The molecule has 1 aromatic carbocycles. The molecule has 0 aliphatic rings. The van der Waals surface area contributed by atoms with Gasteiger partial charge in [0.05, 0.1) is 0 Å². The molecule has 0 saturated heterocycles. The van der Waals surface area contributed by atoms with Gasteiger partial charge in [-0.15, -0.1) is 11.3 Å². The van der Waals surface area contributed by atoms with E-state index in [1.54, 1.807) is 6.07 Å². The number of aromatic nitrogens is 1. The Hall–Kier alpha value is -1.73. The summed E-state index contributed by atoms with van der Waals surface area (Å²) in [4.78, 5) is 26.4. The molecule has 0 bridgehead atoms. The highest BCUT2D eigenvalue weighted by Crippen LogP contribution is 2.21. The van der Waals surface area contributed by atoms with Gasteiger partial charge in [-0.05, 0) is 24.6 Å². The first-order valence-corrected chi connectivity index (χ1v) is 6.91. The van der Waals surface area contributed by atoms with E-state index >= 15 is 0 Å². The van der Waals surface area contributed by atoms with Crippen LogP contribution < -0.4 is 5.32 Å². The smallest absolute Gasteiger partial charge is 0.355 e. The molecule has 1 aromatic heterocycles. The van der Waals surface area contributed by atoms with Crippen LogP contribution in [0, 0.1) is 6.92 Å². The molecule has 5 nitrogen and oxygen atoms in total. The summed E-state index contributed by atoms with van der Waals surface area (Å²) in [7, 11) is 0. The molecule has 1 amide bonds. The molecule has 2 N–H and O–H groups in total. The number of aryl methyl sites for hydroxylation is 1. The average Bonchev–Trinajstić information content (AvgIpc) is 2.83. The Morgan fingerprint density at radius 2 is 2.16 bits per heavy atom. The van der Waals surface area contributed by atoms with Crippen LogP contribution in [0.2, 0.25) is 0 Å². The van der Waals surface area contributed by atoms with Crippen molar-refractivity contribution in [2.45, 2.75) is 6.92 Å². The van der Waals surface area contributed by atoms with Gasteiger partial charge in [0, 0.05) is 15.5 Å². The molecular formula is C12H9BrN2O3S. The fourth-order valence-corrected chi connectivity index (χ4v) is 2.43. The summed E-state index contributed by atoms with van der Waals surface area (Å²) in [6, 6.07) is 5.51. The van der Waals surface area contributed by atoms with E-state index < -0.39 is 11.9 Å². The fourth-order valence-electron chi connectivity index (χ4n) is 1.38. The maximum atomic E-state index is 11.9. The normalized spacial score (nSPS) is 10.2. The summed E-state index contributed by atoms with van der Waals surface area (Å²) in [5.41, 5.74) is 1.44. The molecule has 0 aliphatic heterocycles. The second kappa shape index (κ2) is 5.50. The maximum Gasteiger partial charge on any atom is 0.355 e. The lowest BCUT2D eigenvalue weighted by Crippen LogP contribution is -2.13. The van der Waals surface area contributed by atoms with Gasteiger partial charge in [0.1, 0.15) is 0 Å². The highest BCUT2D eigenvalue weighted by molar-refractivity contribution is 9.10. The highest BCUT2D eigenvalue weighted by Gasteiger charge is 2.15. The van der Waals surface area contributed by atoms with Gasteiger partial charge >= 0.3 is 5.97 Å². The van der Waals surface area contributed by atoms with Gasteiger partial charge in [-0.2, -0.15) is 0 Å². The lowest BCUT2D eigenvalue weighted by Gasteiger charge is -2.07. The Bertz CT molecular complexity index is 654. The summed E-state index contributed by atoms with van der Waals surface area (Å²) < 4.78 is 0.846. The number of benzene rings is 1. The number of anilines is 1. The molecule has 0 fully saturated rings. The number of hydrogen-bond acceptors (Lipinski definition) is 4. The van der Waals surface area contributed by atoms with Crippen molar-refractivity contribution in [2.75, 3.05) is 5.32 Å². The van der Waals surface area contributed by atoms with E-state index in [1.807, 2.05) is 19.1 Å². The molecule has 0 radical (unpaired) electrons. The van der Waals surface area contributed by atoms with Crippen LogP contribution in [0.5, 0.6) is 0 Å². The molecule has 0 saturated carbocycles. The topological polar surface area (TPSA) is 79.3 Å². The second-order valence-electron chi connectivity index (χ2n) is 3.76. The number of thiazole rings is 1. The Morgan fingerprint density at radius 1 is 1.42 bits per heavy atom. The summed E-state index contributed by atoms with van der Waals surface area (Å²) in [6.45, 7) is 1.87. The first-order chi connectivity index (χ1) is 8.97. The van der Waals surface area contributed by atoms with Crippen LogP contribution in [0.25, 0.3) is 0 Å². The molecule has 0 spiro atoms. The van der Waals surface area contributed by atoms with E-state index in [-0.39, 0.29) is 10.7 Å². The van der Waals surface area contributed by atoms with Crippen molar-refractivity contribution < 1.29 is 14.7 Å². The van der Waals surface area contributed by atoms with Crippen molar-refractivity contribution in [1.29, 1.82) is 0 Å².